The molecule has 0 radical (unpaired) electrons. The molecule has 2 N–H and O–H groups in total. The number of nitrogens with one attached hydrogen (secondary N) is 1. The molecular weight excluding hydrogens is 566 g/mol. The topological polar surface area (TPSA) is 165 Å². The number of carboxylic acids is 1. The second-order valence-electron chi connectivity index (χ2n) is 8.86. The number of aryl methyl sites for hydroxylation is 1. The number of anilines is 1. The van der Waals surface area contributed by atoms with Gasteiger partial charge in [0.15, 0.2) is 26.1 Å². The second-order valence-corrected chi connectivity index (χ2v) is 12.8. The first-order chi connectivity index (χ1) is 18.5. The van der Waals surface area contributed by atoms with E-state index in [2.05, 4.69) is 32.3 Å². The predicted molar refractivity (Wildman–Crippen MR) is 143 cm³/mol. The van der Waals surface area contributed by atoms with Crippen molar-refractivity contribution in [2.75, 3.05) is 24.7 Å². The number of carbonyl (C=O) groups excluding carboxylic acids is 1. The van der Waals surface area contributed by atoms with E-state index in [1.54, 1.807) is 13.8 Å². The molecular formula is C24H21N5O7S3. The highest BCUT2D eigenvalue weighted by molar-refractivity contribution is 7.88. The number of aliphatic carboxylic acids is 1. The van der Waals surface area contributed by atoms with E-state index in [1.165, 1.54) is 0 Å². The molecule has 1 amide bonds. The third kappa shape index (κ3) is 5.23. The minimum atomic E-state index is -3.50. The Kier molecular flexibility index (Phi) is 6.89. The molecule has 3 aromatic heterocycles. The van der Waals surface area contributed by atoms with Crippen molar-refractivity contribution in [1.29, 1.82) is 0 Å². The maximum atomic E-state index is 12.5. The van der Waals surface area contributed by atoms with Crippen LogP contribution in [-0.4, -0.2) is 64.4 Å². The minimum Gasteiger partial charge on any atom is -0.480 e. The van der Waals surface area contributed by atoms with Crippen LogP contribution in [0.15, 0.2) is 34.9 Å². The van der Waals surface area contributed by atoms with Gasteiger partial charge in [0.1, 0.15) is 22.2 Å². The van der Waals surface area contributed by atoms with Gasteiger partial charge in [0.05, 0.1) is 6.26 Å². The van der Waals surface area contributed by atoms with Gasteiger partial charge < -0.3 is 14.4 Å². The fourth-order valence-electron chi connectivity index (χ4n) is 3.85. The van der Waals surface area contributed by atoms with Crippen LogP contribution in [0.1, 0.15) is 40.1 Å². The van der Waals surface area contributed by atoms with Crippen molar-refractivity contribution in [1.82, 2.24) is 19.4 Å². The number of thiazole rings is 2. The molecule has 1 aliphatic heterocycles. The number of sulfonamides is 1. The molecule has 0 bridgehead atoms. The van der Waals surface area contributed by atoms with Crippen LogP contribution in [0.4, 0.5) is 10.5 Å². The molecule has 1 aromatic carbocycles. The normalized spacial score (nSPS) is 15.7. The van der Waals surface area contributed by atoms with Crippen LogP contribution in [0.25, 0.3) is 9.66 Å². The van der Waals surface area contributed by atoms with Crippen molar-refractivity contribution in [2.45, 2.75) is 25.4 Å². The molecule has 0 saturated carbocycles. The summed E-state index contributed by atoms with van der Waals surface area (Å²) in [4.78, 5) is 34.3. The van der Waals surface area contributed by atoms with Gasteiger partial charge in [-0.15, -0.1) is 0 Å². The Morgan fingerprint density at radius 2 is 1.87 bits per heavy atom. The van der Waals surface area contributed by atoms with Gasteiger partial charge in [0.2, 0.25) is 10.0 Å². The van der Waals surface area contributed by atoms with Gasteiger partial charge in [-0.2, -0.15) is 4.31 Å². The summed E-state index contributed by atoms with van der Waals surface area (Å²) < 4.78 is 35.2. The Balaban J connectivity index is 1.31. The average molecular weight is 588 g/mol. The highest BCUT2D eigenvalue weighted by Gasteiger charge is 2.56. The first kappa shape index (κ1) is 26.8. The maximum absolute atomic E-state index is 12.5. The lowest BCUT2D eigenvalue weighted by Crippen LogP contribution is -2.64. The number of hydrogen-bond acceptors (Lipinski definition) is 11. The fourth-order valence-corrected chi connectivity index (χ4v) is 6.82. The second kappa shape index (κ2) is 10.0. The van der Waals surface area contributed by atoms with Crippen molar-refractivity contribution >= 4 is 60.1 Å². The molecule has 39 heavy (non-hydrogen) atoms. The standard InChI is InChI=1S/C24H21N5O7S3/c1-13(15-7-5-4-6-8-15)35-23(32)26-18-14(2)36-28-16(18)9-10-17-25-19-20(37-17)27-21(38-19)24(22(30)31)11-29(12-24)39(3,33)34/h4-8,13H,11-12H2,1-3H3,(H,26,32)(H,30,31). The molecule has 202 valence electrons. The van der Waals surface area contributed by atoms with Crippen LogP contribution in [0.3, 0.4) is 0 Å². The molecule has 1 saturated heterocycles. The van der Waals surface area contributed by atoms with E-state index in [0.717, 1.165) is 38.8 Å². The van der Waals surface area contributed by atoms with Gasteiger partial charge in [0.25, 0.3) is 0 Å². The number of fused-ring (bicyclic) bond motifs is 1. The number of aromatic nitrogens is 3. The summed E-state index contributed by atoms with van der Waals surface area (Å²) in [5.74, 6) is 4.91. The number of nitrogens with zero attached hydrogens (tertiary/aromatic N) is 4. The van der Waals surface area contributed by atoms with Crippen LogP contribution in [0.5, 0.6) is 0 Å². The van der Waals surface area contributed by atoms with E-state index < -0.39 is 33.6 Å². The zero-order valence-corrected chi connectivity index (χ0v) is 23.2. The Morgan fingerprint density at radius 3 is 2.51 bits per heavy atom. The maximum Gasteiger partial charge on any atom is 0.412 e. The summed E-state index contributed by atoms with van der Waals surface area (Å²) in [7, 11) is -3.50. The zero-order valence-electron chi connectivity index (χ0n) is 20.8. The van der Waals surface area contributed by atoms with Crippen molar-refractivity contribution in [3.63, 3.8) is 0 Å². The summed E-state index contributed by atoms with van der Waals surface area (Å²) >= 11 is 2.25. The summed E-state index contributed by atoms with van der Waals surface area (Å²) in [6, 6.07) is 9.29. The first-order valence-corrected chi connectivity index (χ1v) is 14.9. The van der Waals surface area contributed by atoms with Crippen molar-refractivity contribution in [3.8, 4) is 11.8 Å². The van der Waals surface area contributed by atoms with E-state index in [-0.39, 0.29) is 24.5 Å². The van der Waals surface area contributed by atoms with Crippen LogP contribution in [0, 0.1) is 18.8 Å². The lowest BCUT2D eigenvalue weighted by Gasteiger charge is -2.43. The third-order valence-corrected chi connectivity index (χ3v) is 9.43. The quantitative estimate of drug-likeness (QED) is 0.320. The number of ether oxygens (including phenoxy) is 1. The van der Waals surface area contributed by atoms with Crippen LogP contribution in [-0.2, 0) is 25.0 Å². The molecule has 12 nitrogen and oxygen atoms in total. The molecule has 5 rings (SSSR count). The van der Waals surface area contributed by atoms with Crippen LogP contribution in [0.2, 0.25) is 0 Å². The Morgan fingerprint density at radius 1 is 1.18 bits per heavy atom. The van der Waals surface area contributed by atoms with E-state index in [1.807, 2.05) is 30.3 Å². The molecule has 1 unspecified atom stereocenters. The number of benzene rings is 1. The summed E-state index contributed by atoms with van der Waals surface area (Å²) in [5, 5.41) is 17.0. The third-order valence-electron chi connectivity index (χ3n) is 6.09. The molecule has 1 atom stereocenters. The zero-order chi connectivity index (χ0) is 27.9. The van der Waals surface area contributed by atoms with Gasteiger partial charge in [-0.1, -0.05) is 58.2 Å². The largest absolute Gasteiger partial charge is 0.480 e. The molecule has 1 fully saturated rings. The van der Waals surface area contributed by atoms with Crippen molar-refractivity contribution in [3.05, 3.63) is 57.4 Å². The number of carbonyl (C=O) groups is 2. The van der Waals surface area contributed by atoms with Crippen LogP contribution < -0.4 is 5.32 Å². The predicted octanol–water partition coefficient (Wildman–Crippen LogP) is 3.36. The molecule has 4 aromatic rings. The van der Waals surface area contributed by atoms with E-state index in [4.69, 9.17) is 9.26 Å². The van der Waals surface area contributed by atoms with Gasteiger partial charge in [-0.25, -0.2) is 23.2 Å². The Hall–Kier alpha value is -3.84. The van der Waals surface area contributed by atoms with Gasteiger partial charge in [-0.3, -0.25) is 10.1 Å². The molecule has 0 spiro atoms. The van der Waals surface area contributed by atoms with Crippen molar-refractivity contribution in [2.24, 2.45) is 0 Å². The summed E-state index contributed by atoms with van der Waals surface area (Å²) in [6.07, 6.45) is -0.127. The lowest BCUT2D eigenvalue weighted by molar-refractivity contribution is -0.148. The van der Waals surface area contributed by atoms with Gasteiger partial charge >= 0.3 is 12.1 Å². The number of hydrogen-bond donors (Lipinski definition) is 2. The van der Waals surface area contributed by atoms with Crippen molar-refractivity contribution < 1.29 is 32.4 Å². The van der Waals surface area contributed by atoms with Gasteiger partial charge in [0, 0.05) is 13.1 Å². The molecule has 0 aliphatic carbocycles. The molecule has 4 heterocycles. The highest BCUT2D eigenvalue weighted by atomic mass is 32.2. The molecule has 15 heteroatoms. The Bertz CT molecular complexity index is 1710. The molecule has 1 aliphatic rings. The summed E-state index contributed by atoms with van der Waals surface area (Å²) in [6.45, 7) is 3.03. The number of rotatable bonds is 6. The number of amides is 1. The van der Waals surface area contributed by atoms with Crippen LogP contribution >= 0.6 is 22.7 Å². The van der Waals surface area contributed by atoms with E-state index in [0.29, 0.717) is 25.4 Å². The highest BCUT2D eigenvalue weighted by Crippen LogP contribution is 2.41. The lowest BCUT2D eigenvalue weighted by atomic mass is 9.82. The monoisotopic (exact) mass is 587 g/mol. The van der Waals surface area contributed by atoms with E-state index in [9.17, 15) is 23.1 Å². The summed E-state index contributed by atoms with van der Waals surface area (Å²) in [5.41, 5.74) is -0.0973. The SMILES string of the molecule is Cc1onc(C#Cc2nc3sc(C4(C(=O)O)CN(S(C)(=O)=O)C4)nc3s2)c1NC(=O)OC(C)c1ccccc1. The van der Waals surface area contributed by atoms with Gasteiger partial charge in [-0.05, 0) is 31.3 Å². The fraction of sp³-hybridized carbons (Fsp3) is 0.292. The Labute approximate surface area is 230 Å². The smallest absolute Gasteiger partial charge is 0.412 e. The average Bonchev–Trinajstić information content (AvgIpc) is 3.50. The minimum absolute atomic E-state index is 0.178. The first-order valence-electron chi connectivity index (χ1n) is 11.4. The van der Waals surface area contributed by atoms with E-state index >= 15 is 0 Å². The number of carboxylic acid groups (broad SMARTS) is 1.